The molecule has 0 saturated heterocycles. The third kappa shape index (κ3) is 3.24. The average Bonchev–Trinajstić information content (AvgIpc) is 2.45. The minimum atomic E-state index is -0.154. The Balaban J connectivity index is 1.62. The third-order valence-corrected chi connectivity index (χ3v) is 4.34. The summed E-state index contributed by atoms with van der Waals surface area (Å²) in [6.07, 6.45) is 1.94. The van der Waals surface area contributed by atoms with Gasteiger partial charge in [-0.25, -0.2) is 0 Å². The third-order valence-electron chi connectivity index (χ3n) is 4.34. The number of aliphatic hydroxyl groups excluding tert-OH is 1. The molecule has 0 aromatic heterocycles. The van der Waals surface area contributed by atoms with Crippen molar-refractivity contribution in [2.75, 3.05) is 13.6 Å². The van der Waals surface area contributed by atoms with Crippen molar-refractivity contribution < 1.29 is 9.90 Å². The van der Waals surface area contributed by atoms with Crippen LogP contribution in [0.25, 0.3) is 10.8 Å². The van der Waals surface area contributed by atoms with E-state index < -0.39 is 0 Å². The largest absolute Gasteiger partial charge is 0.393 e. The fraction of sp³-hybridized carbons (Fsp3) is 0.389. The van der Waals surface area contributed by atoms with E-state index in [4.69, 9.17) is 0 Å². The summed E-state index contributed by atoms with van der Waals surface area (Å²) < 4.78 is 0. The molecule has 1 aliphatic rings. The van der Waals surface area contributed by atoms with Gasteiger partial charge >= 0.3 is 0 Å². The number of hydrogen-bond acceptors (Lipinski definition) is 2. The summed E-state index contributed by atoms with van der Waals surface area (Å²) in [5, 5.41) is 11.7. The van der Waals surface area contributed by atoms with Crippen molar-refractivity contribution in [2.45, 2.75) is 25.4 Å². The van der Waals surface area contributed by atoms with E-state index in [1.165, 1.54) is 10.8 Å². The number of hydrogen-bond donors (Lipinski definition) is 1. The zero-order valence-corrected chi connectivity index (χ0v) is 12.3. The molecule has 2 aromatic carbocycles. The van der Waals surface area contributed by atoms with Crippen LogP contribution in [0.15, 0.2) is 42.5 Å². The Morgan fingerprint density at radius 3 is 2.62 bits per heavy atom. The normalized spacial score (nSPS) is 21.0. The number of likely N-dealkylation sites (N-methyl/N-ethyl adjacent to an activating group) is 1. The maximum atomic E-state index is 12.3. The summed E-state index contributed by atoms with van der Waals surface area (Å²) in [6, 6.07) is 14.4. The van der Waals surface area contributed by atoms with Crippen LogP contribution >= 0.6 is 0 Å². The highest BCUT2D eigenvalue weighted by Crippen LogP contribution is 2.27. The lowest BCUT2D eigenvalue weighted by Crippen LogP contribution is -2.40. The van der Waals surface area contributed by atoms with E-state index in [1.54, 1.807) is 4.90 Å². The van der Waals surface area contributed by atoms with Crippen LogP contribution in [0, 0.1) is 5.92 Å². The van der Waals surface area contributed by atoms with E-state index in [-0.39, 0.29) is 12.0 Å². The minimum absolute atomic E-state index is 0.145. The number of carbonyl (C=O) groups excluding carboxylic acids is 1. The van der Waals surface area contributed by atoms with E-state index in [2.05, 4.69) is 24.3 Å². The van der Waals surface area contributed by atoms with Gasteiger partial charge in [0.25, 0.3) is 0 Å². The number of nitrogens with zero attached hydrogens (tertiary/aromatic N) is 1. The smallest absolute Gasteiger partial charge is 0.226 e. The molecular formula is C18H21NO2. The van der Waals surface area contributed by atoms with Crippen LogP contribution in [-0.2, 0) is 11.2 Å². The molecule has 1 aliphatic carbocycles. The molecule has 0 aliphatic heterocycles. The second kappa shape index (κ2) is 5.86. The van der Waals surface area contributed by atoms with E-state index in [0.717, 1.165) is 24.9 Å². The summed E-state index contributed by atoms with van der Waals surface area (Å²) in [5.41, 5.74) is 1.05. The van der Waals surface area contributed by atoms with Gasteiger partial charge in [0, 0.05) is 13.6 Å². The Morgan fingerprint density at radius 2 is 1.90 bits per heavy atom. The Bertz CT molecular complexity index is 646. The number of aliphatic hydroxyl groups is 1. The molecule has 3 rings (SSSR count). The SMILES string of the molecule is CN(CC1CC(O)C1)C(=O)Cc1ccc2ccccc2c1. The van der Waals surface area contributed by atoms with E-state index in [1.807, 2.05) is 25.2 Å². The van der Waals surface area contributed by atoms with Crippen molar-refractivity contribution in [2.24, 2.45) is 5.92 Å². The fourth-order valence-corrected chi connectivity index (χ4v) is 3.00. The quantitative estimate of drug-likeness (QED) is 0.937. The van der Waals surface area contributed by atoms with Gasteiger partial charge in [-0.05, 0) is 35.1 Å². The molecule has 0 bridgehead atoms. The zero-order valence-electron chi connectivity index (χ0n) is 12.3. The molecule has 3 nitrogen and oxygen atoms in total. The van der Waals surface area contributed by atoms with Crippen molar-refractivity contribution in [1.82, 2.24) is 4.90 Å². The van der Waals surface area contributed by atoms with Crippen LogP contribution in [-0.4, -0.2) is 35.6 Å². The van der Waals surface area contributed by atoms with Gasteiger partial charge in [-0.15, -0.1) is 0 Å². The number of rotatable bonds is 4. The molecule has 21 heavy (non-hydrogen) atoms. The Labute approximate surface area is 125 Å². The van der Waals surface area contributed by atoms with E-state index in [0.29, 0.717) is 12.3 Å². The molecule has 2 aromatic rings. The summed E-state index contributed by atoms with van der Waals surface area (Å²) in [5.74, 6) is 0.609. The van der Waals surface area contributed by atoms with Crippen LogP contribution in [0.1, 0.15) is 18.4 Å². The maximum absolute atomic E-state index is 12.3. The Kier molecular flexibility index (Phi) is 3.93. The summed E-state index contributed by atoms with van der Waals surface area (Å²) in [6.45, 7) is 0.753. The first-order valence-corrected chi connectivity index (χ1v) is 7.51. The summed E-state index contributed by atoms with van der Waals surface area (Å²) >= 11 is 0. The number of benzene rings is 2. The summed E-state index contributed by atoms with van der Waals surface area (Å²) in [7, 11) is 1.86. The first-order valence-electron chi connectivity index (χ1n) is 7.51. The molecule has 0 atom stereocenters. The van der Waals surface area contributed by atoms with Gasteiger partial charge in [-0.2, -0.15) is 0 Å². The van der Waals surface area contributed by atoms with Gasteiger partial charge in [0.2, 0.25) is 5.91 Å². The number of amides is 1. The van der Waals surface area contributed by atoms with Crippen LogP contribution in [0.2, 0.25) is 0 Å². The zero-order chi connectivity index (χ0) is 14.8. The van der Waals surface area contributed by atoms with Crippen LogP contribution in [0.3, 0.4) is 0 Å². The molecule has 0 unspecified atom stereocenters. The highest BCUT2D eigenvalue weighted by molar-refractivity contribution is 5.85. The van der Waals surface area contributed by atoms with Gasteiger partial charge in [0.15, 0.2) is 0 Å². The molecule has 1 saturated carbocycles. The predicted molar refractivity (Wildman–Crippen MR) is 84.0 cm³/mol. The van der Waals surface area contributed by atoms with Crippen LogP contribution in [0.5, 0.6) is 0 Å². The highest BCUT2D eigenvalue weighted by atomic mass is 16.3. The molecular weight excluding hydrogens is 262 g/mol. The minimum Gasteiger partial charge on any atom is -0.393 e. The topological polar surface area (TPSA) is 40.5 Å². The lowest BCUT2D eigenvalue weighted by molar-refractivity contribution is -0.130. The van der Waals surface area contributed by atoms with Gasteiger partial charge in [-0.1, -0.05) is 42.5 Å². The lowest BCUT2D eigenvalue weighted by Gasteiger charge is -2.34. The molecule has 110 valence electrons. The average molecular weight is 283 g/mol. The predicted octanol–water partition coefficient (Wildman–Crippen LogP) is 2.61. The molecule has 1 fully saturated rings. The standard InChI is InChI=1S/C18H21NO2/c1-19(12-14-9-17(20)10-14)18(21)11-13-6-7-15-4-2-3-5-16(15)8-13/h2-8,14,17,20H,9-12H2,1H3. The van der Waals surface area contributed by atoms with E-state index >= 15 is 0 Å². The van der Waals surface area contributed by atoms with Gasteiger partial charge in [0.05, 0.1) is 12.5 Å². The first-order chi connectivity index (χ1) is 10.1. The van der Waals surface area contributed by atoms with Gasteiger partial charge < -0.3 is 10.0 Å². The van der Waals surface area contributed by atoms with E-state index in [9.17, 15) is 9.90 Å². The summed E-state index contributed by atoms with van der Waals surface area (Å²) in [4.78, 5) is 14.1. The molecule has 1 amide bonds. The molecule has 3 heteroatoms. The second-order valence-corrected chi connectivity index (χ2v) is 6.12. The second-order valence-electron chi connectivity index (χ2n) is 6.12. The van der Waals surface area contributed by atoms with Gasteiger partial charge in [-0.3, -0.25) is 4.79 Å². The maximum Gasteiger partial charge on any atom is 0.226 e. The van der Waals surface area contributed by atoms with Crippen molar-refractivity contribution in [3.8, 4) is 0 Å². The highest BCUT2D eigenvalue weighted by Gasteiger charge is 2.28. The van der Waals surface area contributed by atoms with Crippen LogP contribution < -0.4 is 0 Å². The van der Waals surface area contributed by atoms with Crippen molar-refractivity contribution in [3.05, 3.63) is 48.0 Å². The van der Waals surface area contributed by atoms with Crippen molar-refractivity contribution >= 4 is 16.7 Å². The Hall–Kier alpha value is -1.87. The first kappa shape index (κ1) is 14.1. The monoisotopic (exact) mass is 283 g/mol. The molecule has 0 heterocycles. The Morgan fingerprint density at radius 1 is 1.19 bits per heavy atom. The van der Waals surface area contributed by atoms with Crippen molar-refractivity contribution in [1.29, 1.82) is 0 Å². The molecule has 0 radical (unpaired) electrons. The lowest BCUT2D eigenvalue weighted by atomic mass is 9.82. The number of fused-ring (bicyclic) bond motifs is 1. The van der Waals surface area contributed by atoms with Gasteiger partial charge in [0.1, 0.15) is 0 Å². The molecule has 0 spiro atoms. The van der Waals surface area contributed by atoms with Crippen LogP contribution in [0.4, 0.5) is 0 Å². The molecule has 1 N–H and O–H groups in total. The number of carbonyl (C=O) groups is 1. The van der Waals surface area contributed by atoms with Crippen molar-refractivity contribution in [3.63, 3.8) is 0 Å². The fourth-order valence-electron chi connectivity index (χ4n) is 3.00.